The van der Waals surface area contributed by atoms with E-state index in [1.807, 2.05) is 52.9 Å². The van der Waals surface area contributed by atoms with Gasteiger partial charge in [-0.1, -0.05) is 18.2 Å². The molecule has 0 saturated carbocycles. The second-order valence-corrected chi connectivity index (χ2v) is 6.42. The molecule has 0 radical (unpaired) electrons. The summed E-state index contributed by atoms with van der Waals surface area (Å²) in [5, 5.41) is 1.94. The van der Waals surface area contributed by atoms with E-state index in [1.54, 1.807) is 0 Å². The second kappa shape index (κ2) is 5.96. The number of amides is 1. The highest BCUT2D eigenvalue weighted by Gasteiger charge is 2.23. The normalized spacial score (nSPS) is 15.1. The van der Waals surface area contributed by atoms with Crippen LogP contribution in [0.2, 0.25) is 0 Å². The molecule has 23 heavy (non-hydrogen) atoms. The van der Waals surface area contributed by atoms with Gasteiger partial charge >= 0.3 is 0 Å². The zero-order chi connectivity index (χ0) is 15.6. The van der Waals surface area contributed by atoms with Crippen LogP contribution in [-0.2, 0) is 0 Å². The van der Waals surface area contributed by atoms with Crippen LogP contribution in [0.4, 0.5) is 5.82 Å². The van der Waals surface area contributed by atoms with E-state index in [9.17, 15) is 4.79 Å². The molecule has 4 rings (SSSR count). The zero-order valence-electron chi connectivity index (χ0n) is 12.6. The number of carbonyl (C=O) groups is 1. The van der Waals surface area contributed by atoms with Gasteiger partial charge in [0.15, 0.2) is 0 Å². The smallest absolute Gasteiger partial charge is 0.264 e. The maximum atomic E-state index is 12.4. The van der Waals surface area contributed by atoms with Crippen molar-refractivity contribution in [2.45, 2.75) is 0 Å². The summed E-state index contributed by atoms with van der Waals surface area (Å²) in [6.07, 6.45) is 1.82. The van der Waals surface area contributed by atoms with E-state index in [0.29, 0.717) is 13.1 Å². The van der Waals surface area contributed by atoms with Crippen molar-refractivity contribution in [2.24, 2.45) is 0 Å². The summed E-state index contributed by atoms with van der Waals surface area (Å²) in [6, 6.07) is 11.7. The number of nitrogens with zero attached hydrogens (tertiary/aromatic N) is 4. The maximum Gasteiger partial charge on any atom is 0.264 e. The average Bonchev–Trinajstić information content (AvgIpc) is 3.15. The van der Waals surface area contributed by atoms with Crippen molar-refractivity contribution in [2.75, 3.05) is 31.1 Å². The molecule has 1 amide bonds. The van der Waals surface area contributed by atoms with Gasteiger partial charge in [-0.15, -0.1) is 11.3 Å². The second-order valence-electron chi connectivity index (χ2n) is 5.47. The molecule has 3 aromatic rings. The molecule has 6 heteroatoms. The number of piperazine rings is 1. The number of anilines is 1. The van der Waals surface area contributed by atoms with Crippen molar-refractivity contribution in [1.29, 1.82) is 0 Å². The van der Waals surface area contributed by atoms with E-state index in [1.165, 1.54) is 11.3 Å². The molecule has 2 aromatic heterocycles. The molecule has 1 fully saturated rings. The lowest BCUT2D eigenvalue weighted by Crippen LogP contribution is -2.48. The quantitative estimate of drug-likeness (QED) is 0.727. The molecule has 5 nitrogen and oxygen atoms in total. The summed E-state index contributed by atoms with van der Waals surface area (Å²) in [5.74, 6) is 1.01. The minimum atomic E-state index is 0.129. The molecule has 0 unspecified atom stereocenters. The van der Waals surface area contributed by atoms with Gasteiger partial charge < -0.3 is 9.80 Å². The highest BCUT2D eigenvalue weighted by molar-refractivity contribution is 7.12. The van der Waals surface area contributed by atoms with Gasteiger partial charge in [-0.05, 0) is 23.6 Å². The summed E-state index contributed by atoms with van der Waals surface area (Å²) >= 11 is 1.50. The standard InChI is InChI=1S/C17H16N4OS/c22-17(15-6-3-11-23-15)21-9-7-20(8-10-21)16-12-18-13-4-1-2-5-14(13)19-16/h1-6,11-12H,7-10H2. The van der Waals surface area contributed by atoms with Crippen LogP contribution in [0.5, 0.6) is 0 Å². The van der Waals surface area contributed by atoms with E-state index in [2.05, 4.69) is 14.9 Å². The molecule has 1 saturated heterocycles. The molecule has 1 aliphatic heterocycles. The lowest BCUT2D eigenvalue weighted by Gasteiger charge is -2.35. The number of fused-ring (bicyclic) bond motifs is 1. The van der Waals surface area contributed by atoms with Crippen molar-refractivity contribution in [3.8, 4) is 0 Å². The number of hydrogen-bond acceptors (Lipinski definition) is 5. The highest BCUT2D eigenvalue weighted by Crippen LogP contribution is 2.18. The molecule has 1 aromatic carbocycles. The lowest BCUT2D eigenvalue weighted by atomic mass is 10.2. The van der Waals surface area contributed by atoms with Crippen LogP contribution in [0.3, 0.4) is 0 Å². The predicted molar refractivity (Wildman–Crippen MR) is 92.0 cm³/mol. The third-order valence-corrected chi connectivity index (χ3v) is 4.92. The first-order valence-electron chi connectivity index (χ1n) is 7.61. The number of hydrogen-bond donors (Lipinski definition) is 0. The van der Waals surface area contributed by atoms with Crippen LogP contribution in [0.1, 0.15) is 9.67 Å². The summed E-state index contributed by atoms with van der Waals surface area (Å²) < 4.78 is 0. The van der Waals surface area contributed by atoms with Crippen molar-refractivity contribution in [3.63, 3.8) is 0 Å². The van der Waals surface area contributed by atoms with Gasteiger partial charge in [-0.2, -0.15) is 0 Å². The fraction of sp³-hybridized carbons (Fsp3) is 0.235. The number of aromatic nitrogens is 2. The average molecular weight is 324 g/mol. The minimum absolute atomic E-state index is 0.129. The Bertz CT molecular complexity index is 825. The Kier molecular flexibility index (Phi) is 3.67. The molecule has 0 bridgehead atoms. The fourth-order valence-corrected chi connectivity index (χ4v) is 3.49. The van der Waals surface area contributed by atoms with Gasteiger partial charge in [-0.25, -0.2) is 4.98 Å². The lowest BCUT2D eigenvalue weighted by molar-refractivity contribution is 0.0751. The molecule has 0 atom stereocenters. The van der Waals surface area contributed by atoms with Crippen LogP contribution in [0, 0.1) is 0 Å². The molecule has 3 heterocycles. The summed E-state index contributed by atoms with van der Waals surface area (Å²) in [6.45, 7) is 2.99. The van der Waals surface area contributed by atoms with Gasteiger partial charge in [0.05, 0.1) is 22.1 Å². The van der Waals surface area contributed by atoms with Gasteiger partial charge in [0, 0.05) is 26.2 Å². The van der Waals surface area contributed by atoms with E-state index >= 15 is 0 Å². The Morgan fingerprint density at radius 2 is 1.78 bits per heavy atom. The number of carbonyl (C=O) groups excluding carboxylic acids is 1. The summed E-state index contributed by atoms with van der Waals surface area (Å²) in [5.41, 5.74) is 1.81. The third kappa shape index (κ3) is 2.77. The van der Waals surface area contributed by atoms with Gasteiger partial charge in [0.25, 0.3) is 5.91 Å². The van der Waals surface area contributed by atoms with Crippen LogP contribution < -0.4 is 4.90 Å². The van der Waals surface area contributed by atoms with Crippen molar-refractivity contribution < 1.29 is 4.79 Å². The molecule has 116 valence electrons. The van der Waals surface area contributed by atoms with Crippen molar-refractivity contribution in [1.82, 2.24) is 14.9 Å². The first-order chi connectivity index (χ1) is 11.3. The van der Waals surface area contributed by atoms with Crippen LogP contribution >= 0.6 is 11.3 Å². The van der Waals surface area contributed by atoms with Gasteiger partial charge in [-0.3, -0.25) is 9.78 Å². The van der Waals surface area contributed by atoms with Crippen LogP contribution in [0.15, 0.2) is 48.0 Å². The van der Waals surface area contributed by atoms with E-state index in [0.717, 1.165) is 34.8 Å². The van der Waals surface area contributed by atoms with E-state index < -0.39 is 0 Å². The van der Waals surface area contributed by atoms with Crippen molar-refractivity contribution in [3.05, 3.63) is 52.9 Å². The van der Waals surface area contributed by atoms with E-state index in [-0.39, 0.29) is 5.91 Å². The first kappa shape index (κ1) is 14.1. The number of para-hydroxylation sites is 2. The monoisotopic (exact) mass is 324 g/mol. The Morgan fingerprint density at radius 3 is 2.52 bits per heavy atom. The Labute approximate surface area is 138 Å². The fourth-order valence-electron chi connectivity index (χ4n) is 2.79. The first-order valence-corrected chi connectivity index (χ1v) is 8.49. The van der Waals surface area contributed by atoms with Crippen LogP contribution in [0.25, 0.3) is 11.0 Å². The number of thiophene rings is 1. The number of rotatable bonds is 2. The molecule has 0 aliphatic carbocycles. The maximum absolute atomic E-state index is 12.4. The predicted octanol–water partition coefficient (Wildman–Crippen LogP) is 2.65. The zero-order valence-corrected chi connectivity index (χ0v) is 13.4. The number of benzene rings is 1. The SMILES string of the molecule is O=C(c1cccs1)N1CCN(c2cnc3ccccc3n2)CC1. The molecule has 1 aliphatic rings. The Balaban J connectivity index is 1.47. The minimum Gasteiger partial charge on any atom is -0.352 e. The van der Waals surface area contributed by atoms with E-state index in [4.69, 9.17) is 0 Å². The highest BCUT2D eigenvalue weighted by atomic mass is 32.1. The van der Waals surface area contributed by atoms with Crippen LogP contribution in [-0.4, -0.2) is 47.0 Å². The molecular weight excluding hydrogens is 308 g/mol. The third-order valence-electron chi connectivity index (χ3n) is 4.06. The molecular formula is C17H16N4OS. The van der Waals surface area contributed by atoms with Gasteiger partial charge in [0.2, 0.25) is 0 Å². The summed E-state index contributed by atoms with van der Waals surface area (Å²) in [7, 11) is 0. The summed E-state index contributed by atoms with van der Waals surface area (Å²) in [4.78, 5) is 26.4. The molecule has 0 N–H and O–H groups in total. The topological polar surface area (TPSA) is 49.3 Å². The largest absolute Gasteiger partial charge is 0.352 e. The van der Waals surface area contributed by atoms with Gasteiger partial charge in [0.1, 0.15) is 5.82 Å². The Morgan fingerprint density at radius 1 is 1.00 bits per heavy atom. The Hall–Kier alpha value is -2.47. The van der Waals surface area contributed by atoms with Crippen molar-refractivity contribution >= 4 is 34.1 Å². The molecule has 0 spiro atoms.